The molecule has 0 radical (unpaired) electrons. The van der Waals surface area contributed by atoms with Crippen LogP contribution in [-0.4, -0.2) is 30.2 Å². The van der Waals surface area contributed by atoms with Gasteiger partial charge in [-0.2, -0.15) is 0 Å². The van der Waals surface area contributed by atoms with Crippen LogP contribution in [0.5, 0.6) is 0 Å². The highest BCUT2D eigenvalue weighted by Crippen LogP contribution is 2.17. The Hall–Kier alpha value is -1.55. The average Bonchev–Trinajstić information content (AvgIpc) is 2.36. The lowest BCUT2D eigenvalue weighted by Gasteiger charge is -2.22. The summed E-state index contributed by atoms with van der Waals surface area (Å²) >= 11 is 0. The van der Waals surface area contributed by atoms with E-state index in [1.54, 1.807) is 6.07 Å². The number of carbonyl (C=O) groups is 1. The number of hydrogen-bond donors (Lipinski definition) is 3. The fourth-order valence-corrected chi connectivity index (χ4v) is 1.51. The van der Waals surface area contributed by atoms with Gasteiger partial charge in [-0.3, -0.25) is 4.79 Å². The first-order valence-corrected chi connectivity index (χ1v) is 6.60. The van der Waals surface area contributed by atoms with Gasteiger partial charge in [-0.15, -0.1) is 0 Å². The Kier molecular flexibility index (Phi) is 5.36. The van der Waals surface area contributed by atoms with Gasteiger partial charge in [-0.25, -0.2) is 0 Å². The third-order valence-corrected chi connectivity index (χ3v) is 2.74. The van der Waals surface area contributed by atoms with E-state index in [1.165, 1.54) is 0 Å². The largest absolute Gasteiger partial charge is 0.396 e. The van der Waals surface area contributed by atoms with Crippen molar-refractivity contribution in [3.8, 4) is 0 Å². The van der Waals surface area contributed by atoms with Crippen molar-refractivity contribution >= 4 is 11.6 Å². The van der Waals surface area contributed by atoms with Gasteiger partial charge in [0.15, 0.2) is 0 Å². The number of aliphatic hydroxyl groups excluding tert-OH is 1. The second kappa shape index (κ2) is 6.57. The Morgan fingerprint density at radius 2 is 2.05 bits per heavy atom. The highest BCUT2D eigenvalue weighted by Gasteiger charge is 2.16. The van der Waals surface area contributed by atoms with Gasteiger partial charge in [0.1, 0.15) is 0 Å². The van der Waals surface area contributed by atoms with E-state index >= 15 is 0 Å². The maximum absolute atomic E-state index is 11.9. The van der Waals surface area contributed by atoms with E-state index in [0.717, 1.165) is 5.69 Å². The Labute approximate surface area is 115 Å². The summed E-state index contributed by atoms with van der Waals surface area (Å²) in [4.78, 5) is 11.9. The van der Waals surface area contributed by atoms with Crippen LogP contribution in [0.2, 0.25) is 0 Å². The molecule has 0 fully saturated rings. The van der Waals surface area contributed by atoms with Crippen LogP contribution in [0.4, 0.5) is 5.69 Å². The molecule has 0 aliphatic heterocycles. The predicted molar refractivity (Wildman–Crippen MR) is 78.4 cm³/mol. The summed E-state index contributed by atoms with van der Waals surface area (Å²) in [6, 6.07) is 7.51. The van der Waals surface area contributed by atoms with E-state index in [0.29, 0.717) is 12.1 Å². The van der Waals surface area contributed by atoms with Crippen molar-refractivity contribution < 1.29 is 9.90 Å². The number of carbonyl (C=O) groups excluding carboxylic acids is 1. The van der Waals surface area contributed by atoms with Gasteiger partial charge in [0.25, 0.3) is 5.91 Å². The maximum atomic E-state index is 11.9. The molecular formula is C15H24N2O2. The van der Waals surface area contributed by atoms with Gasteiger partial charge in [0.2, 0.25) is 0 Å². The molecule has 0 heterocycles. The van der Waals surface area contributed by atoms with Crippen LogP contribution in [0.15, 0.2) is 24.3 Å². The lowest BCUT2D eigenvalue weighted by molar-refractivity contribution is 0.0943. The van der Waals surface area contributed by atoms with E-state index in [9.17, 15) is 9.90 Å². The van der Waals surface area contributed by atoms with E-state index in [-0.39, 0.29) is 24.0 Å². The van der Waals surface area contributed by atoms with Crippen LogP contribution in [0, 0.1) is 5.41 Å². The van der Waals surface area contributed by atoms with Crippen LogP contribution >= 0.6 is 0 Å². The molecule has 0 bridgehead atoms. The number of benzene rings is 1. The summed E-state index contributed by atoms with van der Waals surface area (Å²) in [6.07, 6.45) is 0. The van der Waals surface area contributed by atoms with Crippen LogP contribution in [0.1, 0.15) is 38.1 Å². The highest BCUT2D eigenvalue weighted by atomic mass is 16.3. The fourth-order valence-electron chi connectivity index (χ4n) is 1.51. The minimum absolute atomic E-state index is 0.0694. The molecule has 1 amide bonds. The Balaban J connectivity index is 2.69. The van der Waals surface area contributed by atoms with Gasteiger partial charge in [0.05, 0.1) is 0 Å². The van der Waals surface area contributed by atoms with E-state index in [2.05, 4.69) is 10.6 Å². The molecule has 19 heavy (non-hydrogen) atoms. The quantitative estimate of drug-likeness (QED) is 0.738. The van der Waals surface area contributed by atoms with Crippen molar-refractivity contribution in [2.45, 2.75) is 33.7 Å². The first kappa shape index (κ1) is 15.5. The molecule has 0 aromatic heterocycles. The highest BCUT2D eigenvalue weighted by molar-refractivity contribution is 5.95. The molecule has 3 N–H and O–H groups in total. The zero-order chi connectivity index (χ0) is 14.5. The molecule has 1 aromatic carbocycles. The number of aliphatic hydroxyl groups is 1. The summed E-state index contributed by atoms with van der Waals surface area (Å²) in [5.41, 5.74) is 1.34. The Morgan fingerprint density at radius 3 is 2.63 bits per heavy atom. The van der Waals surface area contributed by atoms with Gasteiger partial charge in [0, 0.05) is 35.9 Å². The molecule has 0 aliphatic rings. The van der Waals surface area contributed by atoms with Gasteiger partial charge >= 0.3 is 0 Å². The number of rotatable bonds is 6. The SMILES string of the molecule is CC(C)NC(=O)c1cccc(NCC(C)(C)CO)c1. The second-order valence-electron chi connectivity index (χ2n) is 5.88. The minimum atomic E-state index is -0.184. The molecule has 4 heteroatoms. The van der Waals surface area contributed by atoms with E-state index < -0.39 is 0 Å². The molecule has 0 unspecified atom stereocenters. The zero-order valence-corrected chi connectivity index (χ0v) is 12.2. The lowest BCUT2D eigenvalue weighted by atomic mass is 9.95. The minimum Gasteiger partial charge on any atom is -0.396 e. The lowest BCUT2D eigenvalue weighted by Crippen LogP contribution is -2.30. The van der Waals surface area contributed by atoms with Crippen LogP contribution in [0.3, 0.4) is 0 Å². The summed E-state index contributed by atoms with van der Waals surface area (Å²) in [7, 11) is 0. The normalized spacial score (nSPS) is 11.5. The Bertz CT molecular complexity index is 428. The standard InChI is InChI=1S/C15H24N2O2/c1-11(2)17-14(19)12-6-5-7-13(8-12)16-9-15(3,4)10-18/h5-8,11,16,18H,9-10H2,1-4H3,(H,17,19). The van der Waals surface area contributed by atoms with Crippen molar-refractivity contribution in [2.75, 3.05) is 18.5 Å². The summed E-state index contributed by atoms with van der Waals surface area (Å²) in [5, 5.41) is 15.3. The van der Waals surface area contributed by atoms with Gasteiger partial charge in [-0.1, -0.05) is 19.9 Å². The smallest absolute Gasteiger partial charge is 0.251 e. The third-order valence-electron chi connectivity index (χ3n) is 2.74. The first-order valence-electron chi connectivity index (χ1n) is 6.60. The number of anilines is 1. The predicted octanol–water partition coefficient (Wildman–Crippen LogP) is 2.26. The van der Waals surface area contributed by atoms with Crippen LogP contribution < -0.4 is 10.6 Å². The Morgan fingerprint density at radius 1 is 1.37 bits per heavy atom. The molecule has 4 nitrogen and oxygen atoms in total. The summed E-state index contributed by atoms with van der Waals surface area (Å²) in [6.45, 7) is 8.60. The monoisotopic (exact) mass is 264 g/mol. The first-order chi connectivity index (χ1) is 8.84. The van der Waals surface area contributed by atoms with Gasteiger partial charge < -0.3 is 15.7 Å². The molecular weight excluding hydrogens is 240 g/mol. The topological polar surface area (TPSA) is 61.4 Å². The zero-order valence-electron chi connectivity index (χ0n) is 12.2. The maximum Gasteiger partial charge on any atom is 0.251 e. The summed E-state index contributed by atoms with van der Waals surface area (Å²) in [5.74, 6) is -0.0694. The molecule has 1 rings (SSSR count). The molecule has 0 saturated carbocycles. The molecule has 1 aromatic rings. The molecule has 0 spiro atoms. The van der Waals surface area contributed by atoms with Crippen LogP contribution in [-0.2, 0) is 0 Å². The van der Waals surface area contributed by atoms with Crippen molar-refractivity contribution in [1.29, 1.82) is 0 Å². The molecule has 106 valence electrons. The number of nitrogens with one attached hydrogen (secondary N) is 2. The van der Waals surface area contributed by atoms with Crippen molar-refractivity contribution in [3.05, 3.63) is 29.8 Å². The van der Waals surface area contributed by atoms with Crippen molar-refractivity contribution in [2.24, 2.45) is 5.41 Å². The summed E-state index contributed by atoms with van der Waals surface area (Å²) < 4.78 is 0. The van der Waals surface area contributed by atoms with E-state index in [1.807, 2.05) is 45.9 Å². The molecule has 0 atom stereocenters. The van der Waals surface area contributed by atoms with Gasteiger partial charge in [-0.05, 0) is 32.0 Å². The fraction of sp³-hybridized carbons (Fsp3) is 0.533. The second-order valence-corrected chi connectivity index (χ2v) is 5.88. The number of hydrogen-bond acceptors (Lipinski definition) is 3. The third kappa shape index (κ3) is 5.30. The van der Waals surface area contributed by atoms with E-state index in [4.69, 9.17) is 0 Å². The average molecular weight is 264 g/mol. The molecule has 0 saturated heterocycles. The van der Waals surface area contributed by atoms with Crippen LogP contribution in [0.25, 0.3) is 0 Å². The van der Waals surface area contributed by atoms with Crippen molar-refractivity contribution in [3.63, 3.8) is 0 Å². The number of amides is 1. The molecule has 0 aliphatic carbocycles. The van der Waals surface area contributed by atoms with Crippen molar-refractivity contribution in [1.82, 2.24) is 5.32 Å².